The third-order valence-corrected chi connectivity index (χ3v) is 3.62. The molecular weight excluding hydrogens is 278 g/mol. The van der Waals surface area contributed by atoms with E-state index in [4.69, 9.17) is 15.6 Å². The van der Waals surface area contributed by atoms with Crippen molar-refractivity contribution in [2.45, 2.75) is 12.6 Å². The molecule has 0 heterocycles. The summed E-state index contributed by atoms with van der Waals surface area (Å²) in [6, 6.07) is 9.78. The molecule has 1 aliphatic carbocycles. The standard InChI is InChI=1S/C18H19NO3/c1-13-15(8-9-17(20)21)10-11-18(19,22-2)16(13)12-14-6-4-3-5-7-14/h3-12H,19H2,1-2H3,(H,20,21). The highest BCUT2D eigenvalue weighted by Gasteiger charge is 2.31. The Hall–Kier alpha value is -2.43. The number of carbonyl (C=O) groups is 1. The fraction of sp³-hybridized carbons (Fsp3) is 0.167. The summed E-state index contributed by atoms with van der Waals surface area (Å²) in [5.74, 6) is -0.987. The summed E-state index contributed by atoms with van der Waals surface area (Å²) in [5.41, 5.74) is 8.76. The summed E-state index contributed by atoms with van der Waals surface area (Å²) in [7, 11) is 1.55. The molecule has 0 bridgehead atoms. The molecule has 4 nitrogen and oxygen atoms in total. The molecule has 1 atom stereocenters. The van der Waals surface area contributed by atoms with E-state index < -0.39 is 11.7 Å². The molecular formula is C18H19NO3. The van der Waals surface area contributed by atoms with Crippen molar-refractivity contribution < 1.29 is 14.6 Å². The molecule has 1 aliphatic rings. The molecule has 0 aliphatic heterocycles. The Labute approximate surface area is 129 Å². The van der Waals surface area contributed by atoms with Crippen LogP contribution in [0.4, 0.5) is 0 Å². The van der Waals surface area contributed by atoms with E-state index in [1.165, 1.54) is 0 Å². The van der Waals surface area contributed by atoms with Gasteiger partial charge >= 0.3 is 5.97 Å². The second kappa shape index (κ2) is 6.56. The van der Waals surface area contributed by atoms with Gasteiger partial charge in [-0.05, 0) is 41.9 Å². The van der Waals surface area contributed by atoms with Gasteiger partial charge in [0.2, 0.25) is 0 Å². The van der Waals surface area contributed by atoms with Crippen molar-refractivity contribution in [3.63, 3.8) is 0 Å². The maximum Gasteiger partial charge on any atom is 0.328 e. The molecule has 4 heteroatoms. The minimum Gasteiger partial charge on any atom is -0.478 e. The van der Waals surface area contributed by atoms with Crippen LogP contribution in [0.2, 0.25) is 0 Å². The Morgan fingerprint density at radius 1 is 1.32 bits per heavy atom. The van der Waals surface area contributed by atoms with Crippen LogP contribution in [0.25, 0.3) is 6.08 Å². The molecule has 0 aromatic heterocycles. The first-order valence-electron chi connectivity index (χ1n) is 6.89. The molecule has 0 saturated heterocycles. The molecule has 1 aromatic carbocycles. The number of carboxylic acids is 1. The molecule has 0 radical (unpaired) electrons. The Bertz CT molecular complexity index is 684. The minimum atomic E-state index is -1.03. The van der Waals surface area contributed by atoms with E-state index >= 15 is 0 Å². The number of rotatable bonds is 4. The Kier molecular flexibility index (Phi) is 4.75. The first kappa shape index (κ1) is 15.9. The van der Waals surface area contributed by atoms with Crippen molar-refractivity contribution in [1.82, 2.24) is 0 Å². The van der Waals surface area contributed by atoms with Gasteiger partial charge in [-0.25, -0.2) is 4.79 Å². The zero-order chi connectivity index (χ0) is 16.2. The largest absolute Gasteiger partial charge is 0.478 e. The fourth-order valence-corrected chi connectivity index (χ4v) is 2.33. The maximum absolute atomic E-state index is 10.7. The zero-order valence-electron chi connectivity index (χ0n) is 12.6. The van der Waals surface area contributed by atoms with Crippen molar-refractivity contribution in [2.75, 3.05) is 7.11 Å². The van der Waals surface area contributed by atoms with Crippen LogP contribution in [0, 0.1) is 0 Å². The quantitative estimate of drug-likeness (QED) is 0.662. The molecule has 1 aromatic rings. The topological polar surface area (TPSA) is 72.5 Å². The smallest absolute Gasteiger partial charge is 0.328 e. The van der Waals surface area contributed by atoms with E-state index in [0.29, 0.717) is 0 Å². The first-order chi connectivity index (χ1) is 10.5. The van der Waals surface area contributed by atoms with Gasteiger partial charge in [0.05, 0.1) is 0 Å². The highest BCUT2D eigenvalue weighted by molar-refractivity contribution is 5.81. The van der Waals surface area contributed by atoms with Crippen LogP contribution < -0.4 is 5.73 Å². The van der Waals surface area contributed by atoms with Gasteiger partial charge in [-0.1, -0.05) is 36.4 Å². The van der Waals surface area contributed by atoms with Crippen molar-refractivity contribution in [1.29, 1.82) is 0 Å². The number of allylic oxidation sites excluding steroid dienone is 3. The van der Waals surface area contributed by atoms with Crippen molar-refractivity contribution in [2.24, 2.45) is 5.73 Å². The number of carboxylic acid groups (broad SMARTS) is 1. The second-order valence-electron chi connectivity index (χ2n) is 5.05. The lowest BCUT2D eigenvalue weighted by Crippen LogP contribution is -2.43. The number of hydrogen-bond acceptors (Lipinski definition) is 3. The van der Waals surface area contributed by atoms with Crippen LogP contribution in [0.1, 0.15) is 12.5 Å². The van der Waals surface area contributed by atoms with Gasteiger partial charge < -0.3 is 9.84 Å². The molecule has 3 N–H and O–H groups in total. The van der Waals surface area contributed by atoms with Crippen LogP contribution in [0.15, 0.2) is 71.4 Å². The zero-order valence-corrected chi connectivity index (χ0v) is 12.6. The minimum absolute atomic E-state index is 0.794. The maximum atomic E-state index is 10.7. The molecule has 0 saturated carbocycles. The molecule has 1 unspecified atom stereocenters. The van der Waals surface area contributed by atoms with Crippen LogP contribution in [0.5, 0.6) is 0 Å². The van der Waals surface area contributed by atoms with E-state index in [9.17, 15) is 4.79 Å². The van der Waals surface area contributed by atoms with Crippen LogP contribution in [-0.2, 0) is 9.53 Å². The Morgan fingerprint density at radius 3 is 2.59 bits per heavy atom. The molecule has 0 amide bonds. The normalized spacial score (nSPS) is 23.5. The lowest BCUT2D eigenvalue weighted by atomic mass is 9.86. The van der Waals surface area contributed by atoms with E-state index in [2.05, 4.69) is 0 Å². The van der Waals surface area contributed by atoms with E-state index in [0.717, 1.165) is 28.4 Å². The second-order valence-corrected chi connectivity index (χ2v) is 5.05. The number of benzene rings is 1. The number of aliphatic carboxylic acids is 1. The summed E-state index contributed by atoms with van der Waals surface area (Å²) < 4.78 is 5.46. The van der Waals surface area contributed by atoms with Crippen LogP contribution in [-0.4, -0.2) is 23.9 Å². The summed E-state index contributed by atoms with van der Waals surface area (Å²) in [6.07, 6.45) is 8.13. The molecule has 114 valence electrons. The van der Waals surface area contributed by atoms with Gasteiger partial charge in [-0.15, -0.1) is 0 Å². The van der Waals surface area contributed by atoms with Gasteiger partial charge in [0.15, 0.2) is 5.72 Å². The highest BCUT2D eigenvalue weighted by Crippen LogP contribution is 2.33. The predicted octanol–water partition coefficient (Wildman–Crippen LogP) is 2.90. The monoisotopic (exact) mass is 297 g/mol. The average Bonchev–Trinajstić information content (AvgIpc) is 2.51. The fourth-order valence-electron chi connectivity index (χ4n) is 2.33. The molecule has 2 rings (SSSR count). The number of nitrogens with two attached hydrogens (primary N) is 1. The van der Waals surface area contributed by atoms with E-state index in [1.807, 2.05) is 43.3 Å². The SMILES string of the molecule is COC1(N)C=CC(C=CC(=O)O)=C(C)C1=Cc1ccccc1. The molecule has 0 spiro atoms. The Morgan fingerprint density at radius 2 is 2.00 bits per heavy atom. The lowest BCUT2D eigenvalue weighted by molar-refractivity contribution is -0.131. The Balaban J connectivity index is 2.52. The van der Waals surface area contributed by atoms with Gasteiger partial charge in [0, 0.05) is 18.8 Å². The van der Waals surface area contributed by atoms with Crippen LogP contribution in [0.3, 0.4) is 0 Å². The van der Waals surface area contributed by atoms with Gasteiger partial charge in [0.1, 0.15) is 0 Å². The highest BCUT2D eigenvalue weighted by atomic mass is 16.5. The van der Waals surface area contributed by atoms with Gasteiger partial charge in [0.25, 0.3) is 0 Å². The number of ether oxygens (including phenoxy) is 1. The van der Waals surface area contributed by atoms with E-state index in [-0.39, 0.29) is 0 Å². The molecule has 0 fully saturated rings. The lowest BCUT2D eigenvalue weighted by Gasteiger charge is -2.32. The average molecular weight is 297 g/mol. The summed E-state index contributed by atoms with van der Waals surface area (Å²) >= 11 is 0. The van der Waals surface area contributed by atoms with Crippen molar-refractivity contribution >= 4 is 12.0 Å². The third-order valence-electron chi connectivity index (χ3n) is 3.62. The third kappa shape index (κ3) is 3.42. The first-order valence-corrected chi connectivity index (χ1v) is 6.89. The molecule has 22 heavy (non-hydrogen) atoms. The number of methoxy groups -OCH3 is 1. The summed E-state index contributed by atoms with van der Waals surface area (Å²) in [5, 5.41) is 8.78. The number of hydrogen-bond donors (Lipinski definition) is 2. The van der Waals surface area contributed by atoms with E-state index in [1.54, 1.807) is 25.3 Å². The predicted molar refractivity (Wildman–Crippen MR) is 87.0 cm³/mol. The van der Waals surface area contributed by atoms with Crippen molar-refractivity contribution in [3.05, 3.63) is 76.9 Å². The summed E-state index contributed by atoms with van der Waals surface area (Å²) in [4.78, 5) is 10.7. The van der Waals surface area contributed by atoms with Crippen molar-refractivity contribution in [3.8, 4) is 0 Å². The van der Waals surface area contributed by atoms with Gasteiger partial charge in [-0.3, -0.25) is 5.73 Å². The van der Waals surface area contributed by atoms with Gasteiger partial charge in [-0.2, -0.15) is 0 Å². The summed E-state index contributed by atoms with van der Waals surface area (Å²) in [6.45, 7) is 1.90. The van der Waals surface area contributed by atoms with Crippen LogP contribution >= 0.6 is 0 Å².